The number of aliphatic carboxylic acids is 1. The normalized spacial score (nSPS) is 23.8. The summed E-state index contributed by atoms with van der Waals surface area (Å²) in [6.45, 7) is 2.94. The molecule has 6 nitrogen and oxygen atoms in total. The first-order chi connectivity index (χ1) is 8.11. The molecule has 0 spiro atoms. The molecule has 4 N–H and O–H groups in total. The number of thioether (sulfide) groups is 1. The molecule has 1 aliphatic rings. The summed E-state index contributed by atoms with van der Waals surface area (Å²) in [5, 5.41) is 11.7. The maximum Gasteiger partial charge on any atom is 0.327 e. The standard InChI is InChI=1S/C10H19N3O3S/c1-2-8-13(7(6-17-8)9(14)15)10(16)12-5-3-4-11/h7-8H,2-6,11H2,1H3,(H,12,16)(H,14,15). The number of hydrogen-bond acceptors (Lipinski definition) is 4. The number of carbonyl (C=O) groups is 2. The fourth-order valence-corrected chi connectivity index (χ4v) is 3.08. The number of carboxylic acid groups (broad SMARTS) is 1. The summed E-state index contributed by atoms with van der Waals surface area (Å²) in [5.41, 5.74) is 5.33. The molecule has 0 aromatic rings. The number of nitrogens with zero attached hydrogens (tertiary/aromatic N) is 1. The van der Waals surface area contributed by atoms with Crippen LogP contribution in [-0.2, 0) is 4.79 Å². The molecule has 7 heteroatoms. The second-order valence-corrected chi connectivity index (χ2v) is 5.04. The topological polar surface area (TPSA) is 95.7 Å². The zero-order chi connectivity index (χ0) is 12.8. The molecular formula is C10H19N3O3S. The Morgan fingerprint density at radius 3 is 2.82 bits per heavy atom. The Hall–Kier alpha value is -0.950. The van der Waals surface area contributed by atoms with Gasteiger partial charge in [-0.25, -0.2) is 9.59 Å². The van der Waals surface area contributed by atoms with E-state index >= 15 is 0 Å². The molecule has 1 fully saturated rings. The van der Waals surface area contributed by atoms with Crippen molar-refractivity contribution in [2.75, 3.05) is 18.8 Å². The number of nitrogens with one attached hydrogen (secondary N) is 1. The van der Waals surface area contributed by atoms with E-state index in [1.165, 1.54) is 16.7 Å². The van der Waals surface area contributed by atoms with Gasteiger partial charge in [0.2, 0.25) is 0 Å². The van der Waals surface area contributed by atoms with Crippen LogP contribution in [0.25, 0.3) is 0 Å². The Labute approximate surface area is 105 Å². The van der Waals surface area contributed by atoms with E-state index in [0.717, 1.165) is 6.42 Å². The van der Waals surface area contributed by atoms with Gasteiger partial charge in [0.25, 0.3) is 0 Å². The molecule has 1 heterocycles. The van der Waals surface area contributed by atoms with Crippen molar-refractivity contribution in [3.8, 4) is 0 Å². The van der Waals surface area contributed by atoms with Crippen molar-refractivity contribution in [1.29, 1.82) is 0 Å². The van der Waals surface area contributed by atoms with Crippen molar-refractivity contribution in [2.24, 2.45) is 5.73 Å². The van der Waals surface area contributed by atoms with Crippen LogP contribution < -0.4 is 11.1 Å². The molecular weight excluding hydrogens is 242 g/mol. The summed E-state index contributed by atoms with van der Waals surface area (Å²) in [6, 6.07) is -1.02. The van der Waals surface area contributed by atoms with Crippen LogP contribution in [-0.4, -0.2) is 52.3 Å². The number of nitrogens with two attached hydrogens (primary N) is 1. The molecule has 0 radical (unpaired) electrons. The lowest BCUT2D eigenvalue weighted by molar-refractivity contribution is -0.141. The Kier molecular flexibility index (Phi) is 5.57. The third-order valence-corrected chi connectivity index (χ3v) is 4.07. The Morgan fingerprint density at radius 1 is 1.59 bits per heavy atom. The lowest BCUT2D eigenvalue weighted by atomic mass is 10.3. The predicted octanol–water partition coefficient (Wildman–Crippen LogP) is 0.283. The highest BCUT2D eigenvalue weighted by molar-refractivity contribution is 8.00. The van der Waals surface area contributed by atoms with E-state index in [-0.39, 0.29) is 11.4 Å². The van der Waals surface area contributed by atoms with E-state index in [9.17, 15) is 9.59 Å². The van der Waals surface area contributed by atoms with Gasteiger partial charge < -0.3 is 16.2 Å². The van der Waals surface area contributed by atoms with E-state index in [1.807, 2.05) is 6.92 Å². The molecule has 0 bridgehead atoms. The van der Waals surface area contributed by atoms with E-state index < -0.39 is 12.0 Å². The SMILES string of the molecule is CCC1SCC(C(=O)O)N1C(=O)NCCCN. The smallest absolute Gasteiger partial charge is 0.327 e. The fraction of sp³-hybridized carbons (Fsp3) is 0.800. The van der Waals surface area contributed by atoms with Crippen molar-refractivity contribution in [2.45, 2.75) is 31.2 Å². The van der Waals surface area contributed by atoms with E-state index in [2.05, 4.69) is 5.32 Å². The highest BCUT2D eigenvalue weighted by atomic mass is 32.2. The largest absolute Gasteiger partial charge is 0.480 e. The van der Waals surface area contributed by atoms with Crippen molar-refractivity contribution >= 4 is 23.8 Å². The third kappa shape index (κ3) is 3.50. The molecule has 17 heavy (non-hydrogen) atoms. The van der Waals surface area contributed by atoms with Gasteiger partial charge in [-0.2, -0.15) is 0 Å². The van der Waals surface area contributed by atoms with Gasteiger partial charge in [0.15, 0.2) is 0 Å². The summed E-state index contributed by atoms with van der Waals surface area (Å²) in [4.78, 5) is 24.4. The summed E-state index contributed by atoms with van der Waals surface area (Å²) >= 11 is 1.51. The number of amides is 2. The molecule has 0 aliphatic carbocycles. The predicted molar refractivity (Wildman–Crippen MR) is 66.9 cm³/mol. The molecule has 2 amide bonds. The molecule has 0 aromatic carbocycles. The molecule has 1 rings (SSSR count). The Bertz CT molecular complexity index is 288. The first-order valence-corrected chi connectivity index (χ1v) is 6.77. The van der Waals surface area contributed by atoms with Gasteiger partial charge in [-0.1, -0.05) is 6.92 Å². The highest BCUT2D eigenvalue weighted by Crippen LogP contribution is 2.31. The van der Waals surface area contributed by atoms with Crippen LogP contribution in [0, 0.1) is 0 Å². The lowest BCUT2D eigenvalue weighted by Gasteiger charge is -2.26. The minimum absolute atomic E-state index is 0.0472. The molecule has 1 saturated heterocycles. The lowest BCUT2D eigenvalue weighted by Crippen LogP contribution is -2.50. The third-order valence-electron chi connectivity index (χ3n) is 2.62. The zero-order valence-corrected chi connectivity index (χ0v) is 10.7. The molecule has 98 valence electrons. The quantitative estimate of drug-likeness (QED) is 0.618. The zero-order valence-electron chi connectivity index (χ0n) is 9.89. The summed E-state index contributed by atoms with van der Waals surface area (Å²) in [5.74, 6) is -0.486. The van der Waals surface area contributed by atoms with Gasteiger partial charge in [-0.3, -0.25) is 4.90 Å². The van der Waals surface area contributed by atoms with Crippen LogP contribution in [0.2, 0.25) is 0 Å². The summed E-state index contributed by atoms with van der Waals surface area (Å²) in [6.07, 6.45) is 1.44. The second-order valence-electron chi connectivity index (χ2n) is 3.83. The maximum atomic E-state index is 11.9. The Morgan fingerprint density at radius 2 is 2.29 bits per heavy atom. The van der Waals surface area contributed by atoms with Crippen LogP contribution in [0.5, 0.6) is 0 Å². The summed E-state index contributed by atoms with van der Waals surface area (Å²) in [7, 11) is 0. The van der Waals surface area contributed by atoms with Gasteiger partial charge in [-0.05, 0) is 19.4 Å². The highest BCUT2D eigenvalue weighted by Gasteiger charge is 2.40. The van der Waals surface area contributed by atoms with E-state index in [0.29, 0.717) is 25.3 Å². The second kappa shape index (κ2) is 6.70. The average Bonchev–Trinajstić information content (AvgIpc) is 2.72. The molecule has 0 saturated carbocycles. The van der Waals surface area contributed by atoms with E-state index in [4.69, 9.17) is 10.8 Å². The van der Waals surface area contributed by atoms with E-state index in [1.54, 1.807) is 0 Å². The summed E-state index contributed by atoms with van der Waals surface area (Å²) < 4.78 is 0. The van der Waals surface area contributed by atoms with Crippen LogP contribution >= 0.6 is 11.8 Å². The molecule has 0 aromatic heterocycles. The number of carboxylic acids is 1. The van der Waals surface area contributed by atoms with Crippen molar-refractivity contribution in [1.82, 2.24) is 10.2 Å². The van der Waals surface area contributed by atoms with Crippen LogP contribution in [0.15, 0.2) is 0 Å². The molecule has 1 aliphatic heterocycles. The minimum Gasteiger partial charge on any atom is -0.480 e. The number of urea groups is 1. The van der Waals surface area contributed by atoms with Gasteiger partial charge in [0, 0.05) is 12.3 Å². The van der Waals surface area contributed by atoms with Crippen LogP contribution in [0.1, 0.15) is 19.8 Å². The average molecular weight is 261 g/mol. The minimum atomic E-state index is -0.942. The van der Waals surface area contributed by atoms with Gasteiger partial charge in [-0.15, -0.1) is 11.8 Å². The van der Waals surface area contributed by atoms with Crippen molar-refractivity contribution in [3.63, 3.8) is 0 Å². The van der Waals surface area contributed by atoms with Crippen molar-refractivity contribution < 1.29 is 14.7 Å². The maximum absolute atomic E-state index is 11.9. The van der Waals surface area contributed by atoms with Crippen LogP contribution in [0.3, 0.4) is 0 Å². The van der Waals surface area contributed by atoms with Gasteiger partial charge in [0.05, 0.1) is 5.37 Å². The van der Waals surface area contributed by atoms with Gasteiger partial charge in [0.1, 0.15) is 6.04 Å². The fourth-order valence-electron chi connectivity index (χ4n) is 1.73. The number of hydrogen-bond donors (Lipinski definition) is 3. The van der Waals surface area contributed by atoms with Gasteiger partial charge >= 0.3 is 12.0 Å². The number of carbonyl (C=O) groups excluding carboxylic acids is 1. The first-order valence-electron chi connectivity index (χ1n) is 5.72. The van der Waals surface area contributed by atoms with Crippen molar-refractivity contribution in [3.05, 3.63) is 0 Å². The monoisotopic (exact) mass is 261 g/mol. The molecule has 2 unspecified atom stereocenters. The Balaban J connectivity index is 2.61. The van der Waals surface area contributed by atoms with Crippen LogP contribution in [0.4, 0.5) is 4.79 Å². The molecule has 2 atom stereocenters. The number of rotatable bonds is 5. The first kappa shape index (κ1) is 14.1.